The number of carbonyl (C=O) groups is 2. The van der Waals surface area contributed by atoms with Crippen molar-refractivity contribution in [3.05, 3.63) is 46.3 Å². The van der Waals surface area contributed by atoms with E-state index in [9.17, 15) is 14.0 Å². The lowest BCUT2D eigenvalue weighted by molar-refractivity contribution is 0.0450. The third kappa shape index (κ3) is 5.29. The molecule has 2 aromatic carbocycles. The van der Waals surface area contributed by atoms with E-state index in [1.807, 2.05) is 13.8 Å². The third-order valence-electron chi connectivity index (χ3n) is 5.39. The quantitative estimate of drug-likeness (QED) is 0.343. The van der Waals surface area contributed by atoms with Crippen LogP contribution in [-0.4, -0.2) is 25.5 Å². The molecule has 2 aromatic rings. The zero-order valence-electron chi connectivity index (χ0n) is 20.0. The van der Waals surface area contributed by atoms with E-state index in [-0.39, 0.29) is 52.2 Å². The molecule has 0 fully saturated rings. The van der Waals surface area contributed by atoms with Crippen LogP contribution in [0.25, 0.3) is 0 Å². The number of fused-ring (bicyclic) bond motifs is 2. The number of cyclic esters (lactones) is 1. The smallest absolute Gasteiger partial charge is 0.346 e. The number of benzene rings is 2. The van der Waals surface area contributed by atoms with E-state index < -0.39 is 11.8 Å². The largest absolute Gasteiger partial charge is 0.495 e. The molecule has 1 aliphatic rings. The summed E-state index contributed by atoms with van der Waals surface area (Å²) in [6, 6.07) is 4.65. The Bertz CT molecular complexity index is 1060. The van der Waals surface area contributed by atoms with Crippen molar-refractivity contribution in [3.8, 4) is 23.0 Å². The van der Waals surface area contributed by atoms with Crippen LogP contribution in [0.3, 0.4) is 0 Å². The minimum atomic E-state index is -0.755. The number of halogens is 1. The Kier molecular flexibility index (Phi) is 7.61. The minimum Gasteiger partial charge on any atom is -0.495 e. The normalized spacial score (nSPS) is 12.9. The Hall–Kier alpha value is -3.09. The zero-order chi connectivity index (χ0) is 24.3. The summed E-state index contributed by atoms with van der Waals surface area (Å²) in [5, 5.41) is 0. The number of hydrogen-bond acceptors (Lipinski definition) is 6. The predicted octanol–water partition coefficient (Wildman–Crippen LogP) is 6.26. The number of hydrogen-bond donors (Lipinski definition) is 0. The first-order valence-electron chi connectivity index (χ1n) is 11.2. The number of Topliss-reactive ketones (excluding diaryl/α,β-unsaturated/α-hetero) is 1. The topological polar surface area (TPSA) is 71.1 Å². The second-order valence-electron chi connectivity index (χ2n) is 9.06. The molecule has 0 spiro atoms. The van der Waals surface area contributed by atoms with Crippen LogP contribution in [0, 0.1) is 24.6 Å². The highest BCUT2D eigenvalue weighted by atomic mass is 19.1. The summed E-state index contributed by atoms with van der Waals surface area (Å²) in [7, 11) is 1.38. The lowest BCUT2D eigenvalue weighted by Crippen LogP contribution is -2.17. The summed E-state index contributed by atoms with van der Waals surface area (Å²) in [4.78, 5) is 25.7. The average Bonchev–Trinajstić information content (AvgIpc) is 2.73. The highest BCUT2D eigenvalue weighted by Gasteiger charge is 2.31. The van der Waals surface area contributed by atoms with Crippen molar-refractivity contribution in [2.24, 2.45) is 11.8 Å². The molecule has 0 bridgehead atoms. The van der Waals surface area contributed by atoms with Crippen LogP contribution in [0.1, 0.15) is 72.4 Å². The van der Waals surface area contributed by atoms with E-state index in [1.165, 1.54) is 13.2 Å². The maximum atomic E-state index is 15.0. The van der Waals surface area contributed by atoms with Gasteiger partial charge in [-0.05, 0) is 48.9 Å². The Morgan fingerprint density at radius 1 is 1.18 bits per heavy atom. The van der Waals surface area contributed by atoms with E-state index in [1.54, 1.807) is 19.1 Å². The summed E-state index contributed by atoms with van der Waals surface area (Å²) in [6.45, 7) is 9.75. The molecule has 0 aliphatic carbocycles. The lowest BCUT2D eigenvalue weighted by atomic mass is 9.97. The molecule has 1 heterocycles. The molecule has 0 aromatic heterocycles. The van der Waals surface area contributed by atoms with Gasteiger partial charge >= 0.3 is 5.97 Å². The third-order valence-corrected chi connectivity index (χ3v) is 5.39. The maximum Gasteiger partial charge on any atom is 0.346 e. The number of ether oxygens (including phenoxy) is 4. The molecular weight excluding hydrogens is 427 g/mol. The van der Waals surface area contributed by atoms with Gasteiger partial charge in [-0.25, -0.2) is 9.18 Å². The van der Waals surface area contributed by atoms with Gasteiger partial charge in [0, 0.05) is 6.42 Å². The van der Waals surface area contributed by atoms with Crippen molar-refractivity contribution in [3.63, 3.8) is 0 Å². The van der Waals surface area contributed by atoms with E-state index >= 15 is 0 Å². The lowest BCUT2D eigenvalue weighted by Gasteiger charge is -2.23. The molecule has 0 amide bonds. The monoisotopic (exact) mass is 458 g/mol. The fraction of sp³-hybridized carbons (Fsp3) is 0.462. The number of carbonyl (C=O) groups excluding carboxylic acids is 2. The SMILES string of the molecule is COc1c(C(=O)CC(C)C)ccc2c1C(=O)OCc1c(F)c(C)cc(OCCC(C)C)c1O2. The molecule has 178 valence electrons. The predicted molar refractivity (Wildman–Crippen MR) is 122 cm³/mol. The van der Waals surface area contributed by atoms with Crippen LogP contribution in [-0.2, 0) is 11.3 Å². The Balaban J connectivity index is 2.11. The molecule has 1 aliphatic heterocycles. The van der Waals surface area contributed by atoms with Gasteiger partial charge in [-0.15, -0.1) is 0 Å². The van der Waals surface area contributed by atoms with Crippen molar-refractivity contribution in [2.75, 3.05) is 13.7 Å². The second kappa shape index (κ2) is 10.2. The summed E-state index contributed by atoms with van der Waals surface area (Å²) >= 11 is 0. The molecule has 0 saturated heterocycles. The van der Waals surface area contributed by atoms with Gasteiger partial charge in [-0.2, -0.15) is 0 Å². The fourth-order valence-electron chi connectivity index (χ4n) is 3.64. The first kappa shape index (κ1) is 24.6. The summed E-state index contributed by atoms with van der Waals surface area (Å²) in [5.74, 6) is -0.149. The Morgan fingerprint density at radius 2 is 1.91 bits per heavy atom. The number of esters is 1. The van der Waals surface area contributed by atoms with Gasteiger partial charge in [0.15, 0.2) is 17.3 Å². The van der Waals surface area contributed by atoms with E-state index in [2.05, 4.69) is 13.8 Å². The summed E-state index contributed by atoms with van der Waals surface area (Å²) < 4.78 is 37.9. The van der Waals surface area contributed by atoms with Gasteiger partial charge in [-0.3, -0.25) is 4.79 Å². The molecule has 3 rings (SSSR count). The summed E-state index contributed by atoms with van der Waals surface area (Å²) in [6.07, 6.45) is 1.11. The molecular formula is C26H31FO6. The molecule has 0 unspecified atom stereocenters. The van der Waals surface area contributed by atoms with Crippen molar-refractivity contribution >= 4 is 11.8 Å². The van der Waals surface area contributed by atoms with Gasteiger partial charge in [0.05, 0.1) is 24.8 Å². The van der Waals surface area contributed by atoms with Crippen LogP contribution in [0.15, 0.2) is 18.2 Å². The highest BCUT2D eigenvalue weighted by molar-refractivity contribution is 6.05. The number of aryl methyl sites for hydroxylation is 1. The van der Waals surface area contributed by atoms with Gasteiger partial charge in [-0.1, -0.05) is 27.7 Å². The van der Waals surface area contributed by atoms with Crippen molar-refractivity contribution < 1.29 is 32.9 Å². The van der Waals surface area contributed by atoms with E-state index in [0.29, 0.717) is 30.3 Å². The molecule has 6 nitrogen and oxygen atoms in total. The standard InChI is InChI=1S/C26H31FO6/c1-14(2)9-10-31-21-12-16(5)23(27)18-13-32-26(29)22-20(33-24(18)21)8-7-17(25(22)30-6)19(28)11-15(3)4/h7-8,12,14-15H,9-11,13H2,1-6H3. The average molecular weight is 459 g/mol. The number of rotatable bonds is 8. The van der Waals surface area contributed by atoms with Crippen LogP contribution < -0.4 is 14.2 Å². The van der Waals surface area contributed by atoms with Crippen LogP contribution in [0.4, 0.5) is 4.39 Å². The summed E-state index contributed by atoms with van der Waals surface area (Å²) in [5.41, 5.74) is 0.732. The van der Waals surface area contributed by atoms with Crippen molar-refractivity contribution in [2.45, 2.75) is 54.1 Å². The molecule has 0 saturated carbocycles. The second-order valence-corrected chi connectivity index (χ2v) is 9.06. The molecule has 0 radical (unpaired) electrons. The van der Waals surface area contributed by atoms with Gasteiger partial charge in [0.25, 0.3) is 0 Å². The van der Waals surface area contributed by atoms with Crippen LogP contribution in [0.2, 0.25) is 0 Å². The molecule has 7 heteroatoms. The van der Waals surface area contributed by atoms with Gasteiger partial charge in [0.2, 0.25) is 0 Å². The van der Waals surface area contributed by atoms with Crippen molar-refractivity contribution in [1.29, 1.82) is 0 Å². The van der Waals surface area contributed by atoms with Crippen molar-refractivity contribution in [1.82, 2.24) is 0 Å². The first-order valence-corrected chi connectivity index (χ1v) is 11.2. The first-order chi connectivity index (χ1) is 15.6. The Morgan fingerprint density at radius 3 is 2.55 bits per heavy atom. The van der Waals surface area contributed by atoms with E-state index in [0.717, 1.165) is 6.42 Å². The maximum absolute atomic E-state index is 15.0. The van der Waals surface area contributed by atoms with Gasteiger partial charge in [0.1, 0.15) is 29.5 Å². The van der Waals surface area contributed by atoms with Crippen LogP contribution in [0.5, 0.6) is 23.0 Å². The minimum absolute atomic E-state index is 0.00753. The van der Waals surface area contributed by atoms with Gasteiger partial charge < -0.3 is 18.9 Å². The number of methoxy groups -OCH3 is 1. The fourth-order valence-corrected chi connectivity index (χ4v) is 3.64. The highest BCUT2D eigenvalue weighted by Crippen LogP contribution is 2.44. The molecule has 33 heavy (non-hydrogen) atoms. The molecule has 0 atom stereocenters. The Labute approximate surface area is 194 Å². The zero-order valence-corrected chi connectivity index (χ0v) is 20.0. The van der Waals surface area contributed by atoms with Crippen LogP contribution >= 0.6 is 0 Å². The van der Waals surface area contributed by atoms with E-state index in [4.69, 9.17) is 18.9 Å². The number of ketones is 1. The molecule has 0 N–H and O–H groups in total.